The molecule has 7 nitrogen and oxygen atoms in total. The van der Waals surface area contributed by atoms with Gasteiger partial charge in [0.05, 0.1) is 5.57 Å². The van der Waals surface area contributed by atoms with Crippen LogP contribution >= 0.6 is 0 Å². The number of carboxylic acids is 1. The van der Waals surface area contributed by atoms with Crippen LogP contribution in [0, 0.1) is 0 Å². The van der Waals surface area contributed by atoms with Crippen molar-refractivity contribution in [3.8, 4) is 11.5 Å². The van der Waals surface area contributed by atoms with Crippen molar-refractivity contribution in [3.05, 3.63) is 89.2 Å². The van der Waals surface area contributed by atoms with Crippen LogP contribution in [0.25, 0.3) is 0 Å². The molecule has 37 heavy (non-hydrogen) atoms. The van der Waals surface area contributed by atoms with Crippen LogP contribution in [-0.2, 0) is 19.8 Å². The zero-order chi connectivity index (χ0) is 28.2. The van der Waals surface area contributed by atoms with Crippen LogP contribution in [0.1, 0.15) is 54.0 Å². The van der Waals surface area contributed by atoms with Gasteiger partial charge in [-0.25, -0.2) is 4.79 Å². The molecule has 1 amide bonds. The van der Waals surface area contributed by atoms with Crippen molar-refractivity contribution >= 4 is 24.4 Å². The fourth-order valence-electron chi connectivity index (χ4n) is 3.36. The number of carboxylic acid groups (broad SMARTS) is 1. The summed E-state index contributed by atoms with van der Waals surface area (Å²) in [5, 5.41) is 15.6. The molecule has 0 saturated heterocycles. The number of carbonyl (C=O) groups excluding carboxylic acids is 2. The molecule has 198 valence electrons. The predicted molar refractivity (Wildman–Crippen MR) is 149 cm³/mol. The van der Waals surface area contributed by atoms with E-state index in [0.717, 1.165) is 11.4 Å². The average molecular weight is 507 g/mol. The van der Waals surface area contributed by atoms with Crippen LogP contribution in [0.5, 0.6) is 11.5 Å². The molecule has 0 unspecified atom stereocenters. The Morgan fingerprint density at radius 2 is 1.43 bits per heavy atom. The van der Waals surface area contributed by atoms with E-state index in [1.807, 2.05) is 51.8 Å². The number of anilines is 1. The minimum absolute atomic E-state index is 0.0694. The Hall–Kier alpha value is -4.13. The highest BCUT2D eigenvalue weighted by Gasteiger charge is 2.19. The molecule has 2 aromatic carbocycles. The van der Waals surface area contributed by atoms with Crippen molar-refractivity contribution in [2.75, 3.05) is 5.32 Å². The zero-order valence-corrected chi connectivity index (χ0v) is 22.7. The molecule has 0 atom stereocenters. The van der Waals surface area contributed by atoms with Crippen LogP contribution in [0.3, 0.4) is 0 Å². The van der Waals surface area contributed by atoms with Crippen molar-refractivity contribution < 1.29 is 24.2 Å². The van der Waals surface area contributed by atoms with Gasteiger partial charge < -0.3 is 25.3 Å². The molecular formula is C30H38N2O5. The molecule has 2 rings (SSSR count). The van der Waals surface area contributed by atoms with Gasteiger partial charge in [0, 0.05) is 23.0 Å². The lowest BCUT2D eigenvalue weighted by Gasteiger charge is -2.19. The van der Waals surface area contributed by atoms with Crippen LogP contribution in [0.2, 0.25) is 0 Å². The van der Waals surface area contributed by atoms with Crippen molar-refractivity contribution in [3.63, 3.8) is 0 Å². The van der Waals surface area contributed by atoms with Crippen LogP contribution in [0.4, 0.5) is 5.69 Å². The lowest BCUT2D eigenvalue weighted by molar-refractivity contribution is -0.132. The van der Waals surface area contributed by atoms with E-state index in [1.165, 1.54) is 17.7 Å². The summed E-state index contributed by atoms with van der Waals surface area (Å²) in [6.07, 6.45) is 4.58. The van der Waals surface area contributed by atoms with Crippen LogP contribution < -0.4 is 15.4 Å². The van der Waals surface area contributed by atoms with E-state index in [9.17, 15) is 14.7 Å². The number of carbonyl (C=O) groups is 3. The number of nitrogens with one attached hydrogen (secondary N) is 2. The molecule has 3 N–H and O–H groups in total. The van der Waals surface area contributed by atoms with Gasteiger partial charge in [-0.15, -0.1) is 0 Å². The molecule has 0 saturated carbocycles. The summed E-state index contributed by atoms with van der Waals surface area (Å²) in [6, 6.07) is 15.1. The van der Waals surface area contributed by atoms with E-state index in [2.05, 4.69) is 31.4 Å². The van der Waals surface area contributed by atoms with Gasteiger partial charge in [0.15, 0.2) is 0 Å². The first-order valence-corrected chi connectivity index (χ1v) is 11.9. The molecule has 0 aliphatic heterocycles. The van der Waals surface area contributed by atoms with Crippen LogP contribution in [-0.4, -0.2) is 29.8 Å². The molecule has 0 bridgehead atoms. The fourth-order valence-corrected chi connectivity index (χ4v) is 3.36. The smallest absolute Gasteiger partial charge is 0.336 e. The number of allylic oxidation sites excluding steroid dienone is 4. The van der Waals surface area contributed by atoms with Gasteiger partial charge in [-0.05, 0) is 87.2 Å². The monoisotopic (exact) mass is 506 g/mol. The summed E-state index contributed by atoms with van der Waals surface area (Å²) in [4.78, 5) is 32.7. The van der Waals surface area contributed by atoms with E-state index in [0.29, 0.717) is 11.4 Å². The maximum absolute atomic E-state index is 12.8. The summed E-state index contributed by atoms with van der Waals surface area (Å²) in [5.41, 5.74) is 2.61. The maximum Gasteiger partial charge on any atom is 0.336 e. The SMILES string of the molecule is C=O.C\C=C(C(=O)Nc1ccc(Oc2ccc(C(C)(C)C)cc2)cc1)/C(=C\C=C(/C)NC(C)C)C(=O)O. The lowest BCUT2D eigenvalue weighted by Crippen LogP contribution is -2.20. The molecule has 2 aromatic rings. The molecule has 0 radical (unpaired) electrons. The van der Waals surface area contributed by atoms with Gasteiger partial charge >= 0.3 is 5.97 Å². The molecular weight excluding hydrogens is 468 g/mol. The molecule has 0 aliphatic carbocycles. The first-order valence-electron chi connectivity index (χ1n) is 11.9. The second kappa shape index (κ2) is 14.4. The van der Waals surface area contributed by atoms with Crippen molar-refractivity contribution in [2.45, 2.75) is 59.9 Å². The Kier molecular flexibility index (Phi) is 12.1. The molecule has 0 aliphatic rings. The third kappa shape index (κ3) is 10.2. The Labute approximate surface area is 219 Å². The van der Waals surface area contributed by atoms with Crippen molar-refractivity contribution in [2.24, 2.45) is 0 Å². The second-order valence-corrected chi connectivity index (χ2v) is 9.59. The average Bonchev–Trinajstić information content (AvgIpc) is 2.83. The Bertz CT molecular complexity index is 1140. The van der Waals surface area contributed by atoms with Gasteiger partial charge in [-0.1, -0.05) is 39.0 Å². The first kappa shape index (κ1) is 30.9. The highest BCUT2D eigenvalue weighted by molar-refractivity contribution is 6.13. The summed E-state index contributed by atoms with van der Waals surface area (Å²) in [5.74, 6) is -0.335. The largest absolute Gasteiger partial charge is 0.478 e. The fraction of sp³-hybridized carbons (Fsp3) is 0.300. The highest BCUT2D eigenvalue weighted by atomic mass is 16.5. The number of ether oxygens (including phenoxy) is 1. The minimum Gasteiger partial charge on any atom is -0.478 e. The maximum atomic E-state index is 12.8. The molecule has 0 spiro atoms. The number of hydrogen-bond donors (Lipinski definition) is 3. The third-order valence-corrected chi connectivity index (χ3v) is 5.14. The Balaban J connectivity index is 0.00000334. The number of rotatable bonds is 9. The summed E-state index contributed by atoms with van der Waals surface area (Å²) in [6.45, 7) is 15.9. The molecule has 0 heterocycles. The Morgan fingerprint density at radius 1 is 0.919 bits per heavy atom. The van der Waals surface area contributed by atoms with E-state index in [4.69, 9.17) is 9.53 Å². The zero-order valence-electron chi connectivity index (χ0n) is 22.7. The third-order valence-electron chi connectivity index (χ3n) is 5.14. The highest BCUT2D eigenvalue weighted by Crippen LogP contribution is 2.27. The van der Waals surface area contributed by atoms with E-state index in [1.54, 1.807) is 37.3 Å². The standard InChI is InChI=1S/C29H36N2O4.CH2O/c1-8-25(26(28(33)34)18-9-20(4)30-19(2)3)27(32)31-22-12-16-24(17-13-22)35-23-14-10-21(11-15-23)29(5,6)7;1-2/h8-19,30H,1-7H3,(H,31,32)(H,33,34);1H2/b20-9+,25-8+,26-18+;. The summed E-state index contributed by atoms with van der Waals surface area (Å²) >= 11 is 0. The van der Waals surface area contributed by atoms with E-state index >= 15 is 0 Å². The summed E-state index contributed by atoms with van der Waals surface area (Å²) < 4.78 is 5.90. The van der Waals surface area contributed by atoms with Crippen molar-refractivity contribution in [1.29, 1.82) is 0 Å². The summed E-state index contributed by atoms with van der Waals surface area (Å²) in [7, 11) is 0. The first-order chi connectivity index (χ1) is 17.4. The normalized spacial score (nSPS) is 12.4. The number of benzene rings is 2. The number of amides is 1. The van der Waals surface area contributed by atoms with Gasteiger partial charge in [0.1, 0.15) is 18.3 Å². The molecule has 0 fully saturated rings. The Morgan fingerprint density at radius 3 is 1.86 bits per heavy atom. The predicted octanol–water partition coefficient (Wildman–Crippen LogP) is 6.39. The van der Waals surface area contributed by atoms with Crippen molar-refractivity contribution in [1.82, 2.24) is 5.32 Å². The van der Waals surface area contributed by atoms with Gasteiger partial charge in [0.25, 0.3) is 5.91 Å². The van der Waals surface area contributed by atoms with Gasteiger partial charge in [-0.3, -0.25) is 4.79 Å². The lowest BCUT2D eigenvalue weighted by atomic mass is 9.87. The number of hydrogen-bond acceptors (Lipinski definition) is 5. The van der Waals surface area contributed by atoms with Gasteiger partial charge in [0.2, 0.25) is 0 Å². The van der Waals surface area contributed by atoms with Crippen LogP contribution in [0.15, 0.2) is 83.6 Å². The molecule has 0 aromatic heterocycles. The second-order valence-electron chi connectivity index (χ2n) is 9.59. The van der Waals surface area contributed by atoms with E-state index in [-0.39, 0.29) is 22.6 Å². The topological polar surface area (TPSA) is 105 Å². The molecule has 7 heteroatoms. The van der Waals surface area contributed by atoms with Gasteiger partial charge in [-0.2, -0.15) is 0 Å². The number of aliphatic carboxylic acids is 1. The minimum atomic E-state index is -1.18. The van der Waals surface area contributed by atoms with E-state index < -0.39 is 11.9 Å². The quantitative estimate of drug-likeness (QED) is 0.269.